The first-order valence-electron chi connectivity index (χ1n) is 13.6. The number of piperidine rings is 1. The second-order valence-corrected chi connectivity index (χ2v) is 11.0. The average Bonchev–Trinajstić information content (AvgIpc) is 2.97. The van der Waals surface area contributed by atoms with Gasteiger partial charge in [0.2, 0.25) is 0 Å². The van der Waals surface area contributed by atoms with Crippen LogP contribution in [-0.4, -0.2) is 30.0 Å². The summed E-state index contributed by atoms with van der Waals surface area (Å²) in [7, 11) is 0. The highest BCUT2D eigenvalue weighted by molar-refractivity contribution is 5.84. The molecule has 0 radical (unpaired) electrons. The van der Waals surface area contributed by atoms with E-state index < -0.39 is 10.8 Å². The molecule has 1 saturated carbocycles. The third-order valence-corrected chi connectivity index (χ3v) is 8.94. The Morgan fingerprint density at radius 3 is 2.18 bits per heavy atom. The predicted molar refractivity (Wildman–Crippen MR) is 146 cm³/mol. The zero-order valence-electron chi connectivity index (χ0n) is 22.0. The summed E-state index contributed by atoms with van der Waals surface area (Å²) in [5.74, 6) is -0.355. The lowest BCUT2D eigenvalue weighted by Crippen LogP contribution is -2.56. The highest BCUT2D eigenvalue weighted by Crippen LogP contribution is 2.45. The summed E-state index contributed by atoms with van der Waals surface area (Å²) in [6, 6.07) is 29.3. The van der Waals surface area contributed by atoms with E-state index in [1.54, 1.807) is 12.1 Å². The van der Waals surface area contributed by atoms with E-state index in [2.05, 4.69) is 30.0 Å². The molecule has 1 aliphatic carbocycles. The lowest BCUT2D eigenvalue weighted by molar-refractivity contribution is -0.157. The molecule has 0 N–H and O–H groups in total. The zero-order chi connectivity index (χ0) is 26.6. The van der Waals surface area contributed by atoms with Gasteiger partial charge in [0.1, 0.15) is 12.4 Å². The number of likely N-dealkylation sites (tertiary alicyclic amines) is 1. The normalized spacial score (nSPS) is 27.8. The van der Waals surface area contributed by atoms with E-state index in [1.165, 1.54) is 12.1 Å². The molecule has 38 heavy (non-hydrogen) atoms. The molecule has 196 valence electrons. The Morgan fingerprint density at radius 1 is 0.947 bits per heavy atom. The number of hydrogen-bond donors (Lipinski definition) is 0. The molecular weight excluding hydrogens is 475 g/mol. The third-order valence-electron chi connectivity index (χ3n) is 8.94. The minimum absolute atomic E-state index is 0.0710. The summed E-state index contributed by atoms with van der Waals surface area (Å²) >= 11 is 0. The second kappa shape index (κ2) is 11.1. The van der Waals surface area contributed by atoms with Gasteiger partial charge in [-0.15, -0.1) is 0 Å². The molecule has 5 rings (SSSR count). The number of esters is 1. The number of nitriles is 1. The largest absolute Gasteiger partial charge is 0.460 e. The Balaban J connectivity index is 1.30. The molecule has 0 spiro atoms. The maximum Gasteiger partial charge on any atom is 0.317 e. The smallest absolute Gasteiger partial charge is 0.317 e. The van der Waals surface area contributed by atoms with Crippen molar-refractivity contribution < 1.29 is 13.9 Å². The minimum atomic E-state index is -0.689. The fourth-order valence-electron chi connectivity index (χ4n) is 6.63. The second-order valence-electron chi connectivity index (χ2n) is 11.0. The number of halogens is 1. The van der Waals surface area contributed by atoms with Crippen LogP contribution in [0.3, 0.4) is 0 Å². The summed E-state index contributed by atoms with van der Waals surface area (Å²) in [6.45, 7) is 4.05. The third kappa shape index (κ3) is 4.98. The summed E-state index contributed by atoms with van der Waals surface area (Å²) in [6.07, 6.45) is 4.04. The Labute approximate surface area is 225 Å². The van der Waals surface area contributed by atoms with Crippen LogP contribution in [0.2, 0.25) is 0 Å². The van der Waals surface area contributed by atoms with Crippen molar-refractivity contribution in [2.24, 2.45) is 5.92 Å². The summed E-state index contributed by atoms with van der Waals surface area (Å²) in [5.41, 5.74) is 1.68. The Morgan fingerprint density at radius 2 is 1.58 bits per heavy atom. The topological polar surface area (TPSA) is 53.3 Å². The van der Waals surface area contributed by atoms with Gasteiger partial charge in [-0.1, -0.05) is 79.7 Å². The predicted octanol–water partition coefficient (Wildman–Crippen LogP) is 6.55. The maximum atomic E-state index is 13.8. The molecule has 3 aromatic rings. The molecule has 2 aliphatic rings. The monoisotopic (exact) mass is 510 g/mol. The number of carbonyl (C=O) groups excluding carboxylic acids is 1. The van der Waals surface area contributed by atoms with Crippen molar-refractivity contribution in [3.05, 3.63) is 107 Å². The van der Waals surface area contributed by atoms with Gasteiger partial charge in [0.15, 0.2) is 0 Å². The van der Waals surface area contributed by atoms with E-state index in [0.29, 0.717) is 12.5 Å². The van der Waals surface area contributed by atoms with Crippen LogP contribution < -0.4 is 0 Å². The average molecular weight is 511 g/mol. The van der Waals surface area contributed by atoms with Crippen molar-refractivity contribution in [3.63, 3.8) is 0 Å². The van der Waals surface area contributed by atoms with Crippen molar-refractivity contribution in [3.8, 4) is 6.07 Å². The number of benzene rings is 3. The van der Waals surface area contributed by atoms with Crippen molar-refractivity contribution in [1.29, 1.82) is 5.26 Å². The van der Waals surface area contributed by atoms with E-state index in [0.717, 1.165) is 55.5 Å². The van der Waals surface area contributed by atoms with Gasteiger partial charge >= 0.3 is 5.97 Å². The number of ether oxygens (including phenoxy) is 1. The molecule has 1 aliphatic heterocycles. The molecule has 0 bridgehead atoms. The van der Waals surface area contributed by atoms with Gasteiger partial charge < -0.3 is 9.64 Å². The van der Waals surface area contributed by atoms with Crippen molar-refractivity contribution in [2.45, 2.75) is 62.5 Å². The molecule has 2 fully saturated rings. The van der Waals surface area contributed by atoms with E-state index >= 15 is 0 Å². The molecule has 1 heterocycles. The molecule has 2 unspecified atom stereocenters. The summed E-state index contributed by atoms with van der Waals surface area (Å²) in [5, 5.41) is 10.1. The van der Waals surface area contributed by atoms with Gasteiger partial charge in [0.25, 0.3) is 0 Å². The van der Waals surface area contributed by atoms with Gasteiger partial charge in [0.05, 0.1) is 16.9 Å². The zero-order valence-corrected chi connectivity index (χ0v) is 22.0. The van der Waals surface area contributed by atoms with Gasteiger partial charge in [-0.3, -0.25) is 4.79 Å². The van der Waals surface area contributed by atoms with Crippen LogP contribution in [0.5, 0.6) is 0 Å². The van der Waals surface area contributed by atoms with Crippen LogP contribution >= 0.6 is 0 Å². The van der Waals surface area contributed by atoms with Gasteiger partial charge in [-0.05, 0) is 73.4 Å². The standard InChI is InChI=1S/C33H35FN2O2/c1-25-22-36(30-16-18-32(24-35,19-17-30)27-12-14-29(34)15-13-27)21-20-33(25,28-10-6-3-7-11-28)31(37)38-23-26-8-4-2-5-9-26/h2-15,25,30H,16-23H2,1H3. The van der Waals surface area contributed by atoms with Gasteiger partial charge in [-0.25, -0.2) is 4.39 Å². The number of nitrogens with zero attached hydrogens (tertiary/aromatic N) is 2. The molecule has 0 amide bonds. The Bertz CT molecular complexity index is 1260. The van der Waals surface area contributed by atoms with Crippen LogP contribution in [0.25, 0.3) is 0 Å². The SMILES string of the molecule is CC1CN(C2CCC(C#N)(c3ccc(F)cc3)CC2)CCC1(C(=O)OCc1ccccc1)c1ccccc1. The molecule has 4 nitrogen and oxygen atoms in total. The molecule has 5 heteroatoms. The van der Waals surface area contributed by atoms with E-state index in [-0.39, 0.29) is 24.3 Å². The summed E-state index contributed by atoms with van der Waals surface area (Å²) in [4.78, 5) is 16.3. The van der Waals surface area contributed by atoms with E-state index in [4.69, 9.17) is 4.74 Å². The van der Waals surface area contributed by atoms with Crippen LogP contribution in [0, 0.1) is 23.1 Å². The van der Waals surface area contributed by atoms with Crippen molar-refractivity contribution in [2.75, 3.05) is 13.1 Å². The molecule has 2 atom stereocenters. The van der Waals surface area contributed by atoms with Crippen LogP contribution in [0.1, 0.15) is 55.7 Å². The highest BCUT2D eigenvalue weighted by Gasteiger charge is 2.51. The first kappa shape index (κ1) is 26.1. The van der Waals surface area contributed by atoms with Crippen LogP contribution in [-0.2, 0) is 27.0 Å². The van der Waals surface area contributed by atoms with Crippen molar-refractivity contribution >= 4 is 5.97 Å². The van der Waals surface area contributed by atoms with E-state index in [9.17, 15) is 14.4 Å². The van der Waals surface area contributed by atoms with Crippen LogP contribution in [0.4, 0.5) is 4.39 Å². The Kier molecular flexibility index (Phi) is 7.63. The minimum Gasteiger partial charge on any atom is -0.460 e. The molecule has 1 saturated heterocycles. The maximum absolute atomic E-state index is 13.8. The van der Waals surface area contributed by atoms with Crippen LogP contribution in [0.15, 0.2) is 84.9 Å². The number of rotatable bonds is 6. The fourth-order valence-corrected chi connectivity index (χ4v) is 6.63. The highest BCUT2D eigenvalue weighted by atomic mass is 19.1. The quantitative estimate of drug-likeness (QED) is 0.353. The molecule has 3 aromatic carbocycles. The fraction of sp³-hybridized carbons (Fsp3) is 0.394. The van der Waals surface area contributed by atoms with Gasteiger partial charge in [-0.2, -0.15) is 5.26 Å². The molecule has 0 aromatic heterocycles. The lowest BCUT2D eigenvalue weighted by Gasteiger charge is -2.49. The first-order valence-corrected chi connectivity index (χ1v) is 13.6. The van der Waals surface area contributed by atoms with Crippen molar-refractivity contribution in [1.82, 2.24) is 4.90 Å². The Hall–Kier alpha value is -3.49. The van der Waals surface area contributed by atoms with Gasteiger partial charge in [0, 0.05) is 12.6 Å². The van der Waals surface area contributed by atoms with E-state index in [1.807, 2.05) is 48.5 Å². The summed E-state index contributed by atoms with van der Waals surface area (Å²) < 4.78 is 19.4. The lowest BCUT2D eigenvalue weighted by atomic mass is 9.65. The first-order chi connectivity index (χ1) is 18.5. The number of carbonyl (C=O) groups is 1. The number of hydrogen-bond acceptors (Lipinski definition) is 4. The molecular formula is C33H35FN2O2.